The highest BCUT2D eigenvalue weighted by Gasteiger charge is 2.18. The van der Waals surface area contributed by atoms with E-state index < -0.39 is 5.91 Å². The number of rotatable bonds is 5. The third-order valence-corrected chi connectivity index (χ3v) is 3.21. The number of methoxy groups -OCH3 is 1. The van der Waals surface area contributed by atoms with E-state index in [9.17, 15) is 10.1 Å². The van der Waals surface area contributed by atoms with E-state index in [1.165, 1.54) is 19.2 Å². The third kappa shape index (κ3) is 3.39. The van der Waals surface area contributed by atoms with Crippen molar-refractivity contribution in [1.82, 2.24) is 9.97 Å². The quantitative estimate of drug-likeness (QED) is 0.710. The van der Waals surface area contributed by atoms with Gasteiger partial charge in [0.1, 0.15) is 17.5 Å². The minimum atomic E-state index is -0.666. The summed E-state index contributed by atoms with van der Waals surface area (Å²) in [5, 5.41) is 9.39. The first-order valence-corrected chi connectivity index (χ1v) is 6.87. The molecule has 24 heavy (non-hydrogen) atoms. The fourth-order valence-electron chi connectivity index (χ4n) is 1.96. The highest BCUT2D eigenvalue weighted by atomic mass is 35.5. The zero-order valence-electron chi connectivity index (χ0n) is 12.5. The number of primary amides is 1. The van der Waals surface area contributed by atoms with Gasteiger partial charge < -0.3 is 26.7 Å². The summed E-state index contributed by atoms with van der Waals surface area (Å²) < 4.78 is 10.4. The summed E-state index contributed by atoms with van der Waals surface area (Å²) in [6, 6.07) is 4.91. The van der Waals surface area contributed by atoms with E-state index in [2.05, 4.69) is 9.97 Å². The monoisotopic (exact) mass is 348 g/mol. The number of carbonyl (C=O) groups excluding carboxylic acids is 1. The van der Waals surface area contributed by atoms with E-state index in [1.54, 1.807) is 0 Å². The van der Waals surface area contributed by atoms with Gasteiger partial charge in [-0.15, -0.1) is 0 Å². The first-order chi connectivity index (χ1) is 11.4. The summed E-state index contributed by atoms with van der Waals surface area (Å²) in [4.78, 5) is 18.6. The lowest BCUT2D eigenvalue weighted by Gasteiger charge is -2.14. The minimum Gasteiger partial charge on any atom is -0.493 e. The molecular weight excluding hydrogens is 336 g/mol. The Morgan fingerprint density at radius 2 is 2.08 bits per heavy atom. The number of benzene rings is 1. The molecule has 0 radical (unpaired) electrons. The van der Waals surface area contributed by atoms with Crippen molar-refractivity contribution in [1.29, 1.82) is 5.26 Å². The van der Waals surface area contributed by atoms with Crippen LogP contribution in [0.3, 0.4) is 0 Å². The molecule has 10 heteroatoms. The Balaban J connectivity index is 2.60. The van der Waals surface area contributed by atoms with Crippen LogP contribution in [0.1, 0.15) is 5.56 Å². The molecule has 0 aliphatic carbocycles. The Hall–Kier alpha value is -3.25. The van der Waals surface area contributed by atoms with Crippen LogP contribution < -0.4 is 26.7 Å². The molecule has 0 spiro atoms. The number of aromatic nitrogens is 2. The van der Waals surface area contributed by atoms with Crippen LogP contribution >= 0.6 is 11.6 Å². The zero-order chi connectivity index (χ0) is 17.9. The molecule has 0 unspecified atom stereocenters. The molecule has 1 aromatic carbocycles. The second kappa shape index (κ2) is 6.89. The molecule has 2 rings (SSSR count). The van der Waals surface area contributed by atoms with Crippen LogP contribution in [0.2, 0.25) is 5.02 Å². The van der Waals surface area contributed by atoms with Gasteiger partial charge >= 0.3 is 0 Å². The minimum absolute atomic E-state index is 0.0492. The molecule has 2 aromatic rings. The van der Waals surface area contributed by atoms with Crippen molar-refractivity contribution in [3.05, 3.63) is 22.7 Å². The third-order valence-electron chi connectivity index (χ3n) is 2.93. The molecule has 1 aromatic heterocycles. The lowest BCUT2D eigenvalue weighted by molar-refractivity contribution is -0.119. The molecule has 1 amide bonds. The number of amides is 1. The van der Waals surface area contributed by atoms with E-state index in [0.717, 1.165) is 0 Å². The van der Waals surface area contributed by atoms with Crippen LogP contribution in [0, 0.1) is 11.3 Å². The molecule has 0 atom stereocenters. The first-order valence-electron chi connectivity index (χ1n) is 6.49. The van der Waals surface area contributed by atoms with Crippen molar-refractivity contribution in [2.75, 3.05) is 25.2 Å². The van der Waals surface area contributed by atoms with Gasteiger partial charge in [-0.25, -0.2) is 4.98 Å². The maximum atomic E-state index is 10.9. The Morgan fingerprint density at radius 1 is 1.38 bits per heavy atom. The van der Waals surface area contributed by atoms with Gasteiger partial charge in [-0.3, -0.25) is 4.79 Å². The number of nitrogen functional groups attached to an aromatic ring is 2. The van der Waals surface area contributed by atoms with Crippen molar-refractivity contribution in [3.63, 3.8) is 0 Å². The molecule has 0 fully saturated rings. The number of ether oxygens (including phenoxy) is 2. The SMILES string of the molecule is COc1cc(-c2nc(N)nc(N)c2C#N)cc(Cl)c1OCC(N)=O. The van der Waals surface area contributed by atoms with Crippen molar-refractivity contribution in [2.45, 2.75) is 0 Å². The molecule has 0 saturated heterocycles. The van der Waals surface area contributed by atoms with Crippen LogP contribution in [-0.2, 0) is 4.79 Å². The molecule has 9 nitrogen and oxygen atoms in total. The Bertz CT molecular complexity index is 849. The average Bonchev–Trinajstić information content (AvgIpc) is 2.52. The normalized spacial score (nSPS) is 10.0. The van der Waals surface area contributed by atoms with E-state index in [-0.39, 0.29) is 46.2 Å². The number of hydrogen-bond donors (Lipinski definition) is 3. The van der Waals surface area contributed by atoms with E-state index in [1.807, 2.05) is 6.07 Å². The fraction of sp³-hybridized carbons (Fsp3) is 0.143. The van der Waals surface area contributed by atoms with Gasteiger partial charge in [0.25, 0.3) is 5.91 Å². The molecule has 0 bridgehead atoms. The number of halogens is 1. The molecule has 6 N–H and O–H groups in total. The lowest BCUT2D eigenvalue weighted by atomic mass is 10.1. The number of anilines is 2. The molecule has 1 heterocycles. The smallest absolute Gasteiger partial charge is 0.255 e. The average molecular weight is 349 g/mol. The molecule has 0 aliphatic heterocycles. The number of nitrogens with two attached hydrogens (primary N) is 3. The molecule has 0 aliphatic rings. The molecular formula is C14H13ClN6O3. The van der Waals surface area contributed by atoms with E-state index >= 15 is 0 Å². The van der Waals surface area contributed by atoms with Crippen LogP contribution in [0.25, 0.3) is 11.3 Å². The van der Waals surface area contributed by atoms with Crippen LogP contribution in [0.5, 0.6) is 11.5 Å². The number of nitrogens with zero attached hydrogens (tertiary/aromatic N) is 3. The summed E-state index contributed by atoms with van der Waals surface area (Å²) in [5.74, 6) is -0.455. The van der Waals surface area contributed by atoms with Gasteiger partial charge in [-0.1, -0.05) is 11.6 Å². The standard InChI is InChI=1S/C14H13ClN6O3/c1-23-9-3-6(2-8(15)12(9)24-5-10(17)22)11-7(4-16)13(18)21-14(19)20-11/h2-3H,5H2,1H3,(H2,17,22)(H4,18,19,20,21). The number of carbonyl (C=O) groups is 1. The van der Waals surface area contributed by atoms with Gasteiger partial charge in [0.05, 0.1) is 17.8 Å². The second-order valence-corrected chi connectivity index (χ2v) is 4.95. The van der Waals surface area contributed by atoms with Crippen molar-refractivity contribution < 1.29 is 14.3 Å². The van der Waals surface area contributed by atoms with Gasteiger partial charge in [0.2, 0.25) is 5.95 Å². The second-order valence-electron chi connectivity index (χ2n) is 4.55. The summed E-state index contributed by atoms with van der Waals surface area (Å²) >= 11 is 6.18. The summed E-state index contributed by atoms with van der Waals surface area (Å²) in [6.07, 6.45) is 0. The Kier molecular flexibility index (Phi) is 4.91. The summed E-state index contributed by atoms with van der Waals surface area (Å²) in [5.41, 5.74) is 17.0. The van der Waals surface area contributed by atoms with Gasteiger partial charge in [-0.2, -0.15) is 10.2 Å². The molecule has 0 saturated carbocycles. The zero-order valence-corrected chi connectivity index (χ0v) is 13.3. The first kappa shape index (κ1) is 17.1. The summed E-state index contributed by atoms with van der Waals surface area (Å²) in [6.45, 7) is -0.369. The number of hydrogen-bond acceptors (Lipinski definition) is 8. The highest BCUT2D eigenvalue weighted by molar-refractivity contribution is 6.32. The topological polar surface area (TPSA) is 163 Å². The van der Waals surface area contributed by atoms with Gasteiger partial charge in [0, 0.05) is 5.56 Å². The van der Waals surface area contributed by atoms with Crippen molar-refractivity contribution in [2.24, 2.45) is 5.73 Å². The highest BCUT2D eigenvalue weighted by Crippen LogP contribution is 2.40. The van der Waals surface area contributed by atoms with Crippen molar-refractivity contribution in [3.8, 4) is 28.8 Å². The molecule has 124 valence electrons. The predicted molar refractivity (Wildman–Crippen MR) is 87.3 cm³/mol. The van der Waals surface area contributed by atoms with Crippen LogP contribution in [0.15, 0.2) is 12.1 Å². The fourth-order valence-corrected chi connectivity index (χ4v) is 2.22. The van der Waals surface area contributed by atoms with Crippen LogP contribution in [-0.4, -0.2) is 29.6 Å². The van der Waals surface area contributed by atoms with Gasteiger partial charge in [-0.05, 0) is 12.1 Å². The Labute approximate surface area is 141 Å². The maximum Gasteiger partial charge on any atom is 0.255 e. The van der Waals surface area contributed by atoms with Crippen LogP contribution in [0.4, 0.5) is 11.8 Å². The Morgan fingerprint density at radius 3 is 2.67 bits per heavy atom. The largest absolute Gasteiger partial charge is 0.493 e. The van der Waals surface area contributed by atoms with Gasteiger partial charge in [0.15, 0.2) is 18.1 Å². The van der Waals surface area contributed by atoms with Crippen molar-refractivity contribution >= 4 is 29.3 Å². The summed E-state index contributed by atoms with van der Waals surface area (Å²) in [7, 11) is 1.39. The predicted octanol–water partition coefficient (Wildman–Crippen LogP) is 0.706. The lowest BCUT2D eigenvalue weighted by Crippen LogP contribution is -2.20. The number of nitriles is 1. The van der Waals surface area contributed by atoms with E-state index in [4.69, 9.17) is 38.3 Å². The van der Waals surface area contributed by atoms with E-state index in [0.29, 0.717) is 5.56 Å². The maximum absolute atomic E-state index is 10.9.